The molecule has 2 fully saturated rings. The van der Waals surface area contributed by atoms with Gasteiger partial charge in [-0.05, 0) is 23.6 Å². The number of amides is 2. The zero-order valence-corrected chi connectivity index (χ0v) is 17.5. The zero-order chi connectivity index (χ0) is 20.4. The van der Waals surface area contributed by atoms with Crippen molar-refractivity contribution >= 4 is 28.8 Å². The van der Waals surface area contributed by atoms with Crippen molar-refractivity contribution in [3.8, 4) is 11.5 Å². The normalized spacial score (nSPS) is 21.0. The van der Waals surface area contributed by atoms with Gasteiger partial charge in [-0.1, -0.05) is 6.07 Å². The van der Waals surface area contributed by atoms with E-state index in [1.54, 1.807) is 36.6 Å². The number of hydrogen-bond donors (Lipinski definition) is 0. The first kappa shape index (κ1) is 19.9. The molecule has 2 amide bonds. The van der Waals surface area contributed by atoms with Crippen molar-refractivity contribution < 1.29 is 19.1 Å². The summed E-state index contributed by atoms with van der Waals surface area (Å²) in [6, 6.07) is 8.94. The highest BCUT2D eigenvalue weighted by Crippen LogP contribution is 2.36. The maximum absolute atomic E-state index is 13.1. The van der Waals surface area contributed by atoms with Crippen LogP contribution in [-0.4, -0.2) is 68.1 Å². The fourth-order valence-electron chi connectivity index (χ4n) is 3.98. The molecule has 0 bridgehead atoms. The van der Waals surface area contributed by atoms with Gasteiger partial charge in [0.05, 0.1) is 32.4 Å². The van der Waals surface area contributed by atoms with Crippen molar-refractivity contribution in [1.82, 2.24) is 9.80 Å². The molecule has 0 spiro atoms. The van der Waals surface area contributed by atoms with Crippen LogP contribution in [0.2, 0.25) is 0 Å². The molecule has 7 nitrogen and oxygen atoms in total. The number of hydrogen-bond acceptors (Lipinski definition) is 7. The van der Waals surface area contributed by atoms with Gasteiger partial charge in [-0.25, -0.2) is 4.90 Å². The number of nitrogens with zero attached hydrogens (tertiary/aromatic N) is 3. The summed E-state index contributed by atoms with van der Waals surface area (Å²) in [5.74, 6) is 0.699. The van der Waals surface area contributed by atoms with Crippen molar-refractivity contribution in [3.63, 3.8) is 0 Å². The van der Waals surface area contributed by atoms with E-state index in [2.05, 4.69) is 27.3 Å². The molecule has 29 heavy (non-hydrogen) atoms. The maximum atomic E-state index is 13.1. The first-order chi connectivity index (χ1) is 14.1. The lowest BCUT2D eigenvalue weighted by molar-refractivity contribution is -0.123. The highest BCUT2D eigenvalue weighted by molar-refractivity contribution is 7.09. The number of ether oxygens (including phenoxy) is 2. The zero-order valence-electron chi connectivity index (χ0n) is 16.7. The third kappa shape index (κ3) is 4.01. The first-order valence-corrected chi connectivity index (χ1v) is 10.6. The first-order valence-electron chi connectivity index (χ1n) is 9.68. The second kappa shape index (κ2) is 8.52. The number of rotatable bonds is 6. The van der Waals surface area contributed by atoms with Crippen LogP contribution < -0.4 is 14.4 Å². The molecule has 4 rings (SSSR count). The number of imide groups is 1. The van der Waals surface area contributed by atoms with E-state index >= 15 is 0 Å². The maximum Gasteiger partial charge on any atom is 0.251 e. The van der Waals surface area contributed by atoms with Crippen LogP contribution in [0.4, 0.5) is 5.69 Å². The Labute approximate surface area is 174 Å². The fourth-order valence-corrected chi connectivity index (χ4v) is 4.73. The van der Waals surface area contributed by atoms with Crippen LogP contribution in [0.5, 0.6) is 11.5 Å². The summed E-state index contributed by atoms with van der Waals surface area (Å²) < 4.78 is 10.6. The topological polar surface area (TPSA) is 62.3 Å². The minimum Gasteiger partial charge on any atom is -0.497 e. The molecular formula is C21H25N3O4S. The molecular weight excluding hydrogens is 390 g/mol. The molecule has 1 aromatic carbocycles. The second-order valence-electron chi connectivity index (χ2n) is 7.22. The van der Waals surface area contributed by atoms with Gasteiger partial charge in [-0.2, -0.15) is 0 Å². The number of anilines is 1. The number of benzene rings is 1. The third-order valence-corrected chi connectivity index (χ3v) is 6.42. The van der Waals surface area contributed by atoms with Crippen LogP contribution >= 0.6 is 11.3 Å². The molecule has 154 valence electrons. The Kier molecular flexibility index (Phi) is 5.84. The van der Waals surface area contributed by atoms with E-state index in [1.807, 2.05) is 0 Å². The molecule has 2 aliphatic heterocycles. The van der Waals surface area contributed by atoms with Gasteiger partial charge < -0.3 is 9.47 Å². The Morgan fingerprint density at radius 3 is 2.52 bits per heavy atom. The largest absolute Gasteiger partial charge is 0.497 e. The van der Waals surface area contributed by atoms with E-state index in [-0.39, 0.29) is 18.2 Å². The number of thiophene rings is 1. The average molecular weight is 416 g/mol. The lowest BCUT2D eigenvalue weighted by atomic mass is 10.1. The van der Waals surface area contributed by atoms with E-state index in [0.717, 1.165) is 32.7 Å². The van der Waals surface area contributed by atoms with Gasteiger partial charge in [0.2, 0.25) is 5.91 Å². The van der Waals surface area contributed by atoms with Crippen molar-refractivity contribution in [3.05, 3.63) is 40.6 Å². The summed E-state index contributed by atoms with van der Waals surface area (Å²) in [6.45, 7) is 4.28. The van der Waals surface area contributed by atoms with Gasteiger partial charge in [0.1, 0.15) is 11.5 Å². The Bertz CT molecular complexity index is 878. The van der Waals surface area contributed by atoms with E-state index in [0.29, 0.717) is 17.2 Å². The number of piperazine rings is 1. The van der Waals surface area contributed by atoms with Crippen LogP contribution in [0.1, 0.15) is 11.3 Å². The summed E-state index contributed by atoms with van der Waals surface area (Å²) in [6.07, 6.45) is 0.207. The van der Waals surface area contributed by atoms with E-state index < -0.39 is 6.04 Å². The highest BCUT2D eigenvalue weighted by Gasteiger charge is 2.44. The molecule has 2 saturated heterocycles. The molecule has 1 atom stereocenters. The van der Waals surface area contributed by atoms with E-state index in [1.165, 1.54) is 16.9 Å². The molecule has 2 aliphatic rings. The summed E-state index contributed by atoms with van der Waals surface area (Å²) in [5.41, 5.74) is 0.474. The van der Waals surface area contributed by atoms with Gasteiger partial charge >= 0.3 is 0 Å². The predicted molar refractivity (Wildman–Crippen MR) is 112 cm³/mol. The van der Waals surface area contributed by atoms with E-state index in [4.69, 9.17) is 9.47 Å². The summed E-state index contributed by atoms with van der Waals surface area (Å²) in [7, 11) is 3.09. The molecule has 2 aromatic rings. The minimum absolute atomic E-state index is 0.176. The standard InChI is InChI=1S/C21H25N3O4S/c1-27-15-5-6-17(19(12-15)28-2)24-20(25)13-18(21(24)26)23-9-7-22(8-10-23)14-16-4-3-11-29-16/h3-6,11-12,18H,7-10,13-14H2,1-2H3. The van der Waals surface area contributed by atoms with Gasteiger partial charge in [0.25, 0.3) is 5.91 Å². The molecule has 1 unspecified atom stereocenters. The number of carbonyl (C=O) groups is 2. The monoisotopic (exact) mass is 415 g/mol. The van der Waals surface area contributed by atoms with Crippen LogP contribution in [0.25, 0.3) is 0 Å². The van der Waals surface area contributed by atoms with Gasteiger partial charge in [-0.3, -0.25) is 19.4 Å². The molecule has 0 saturated carbocycles. The van der Waals surface area contributed by atoms with Crippen LogP contribution in [0, 0.1) is 0 Å². The Morgan fingerprint density at radius 2 is 1.86 bits per heavy atom. The smallest absolute Gasteiger partial charge is 0.251 e. The van der Waals surface area contributed by atoms with Crippen LogP contribution in [0.15, 0.2) is 35.7 Å². The SMILES string of the molecule is COc1ccc(N2C(=O)CC(N3CCN(Cc4cccs4)CC3)C2=O)c(OC)c1. The number of methoxy groups -OCH3 is 2. The molecule has 1 aromatic heterocycles. The third-order valence-electron chi connectivity index (χ3n) is 5.56. The summed E-state index contributed by atoms with van der Waals surface area (Å²) in [4.78, 5) is 33.0. The van der Waals surface area contributed by atoms with Crippen molar-refractivity contribution in [2.45, 2.75) is 19.0 Å². The summed E-state index contributed by atoms with van der Waals surface area (Å²) in [5, 5.41) is 2.09. The predicted octanol–water partition coefficient (Wildman–Crippen LogP) is 2.21. The van der Waals surface area contributed by atoms with Crippen molar-refractivity contribution in [2.75, 3.05) is 45.3 Å². The average Bonchev–Trinajstić information content (AvgIpc) is 3.36. The molecule has 0 N–H and O–H groups in total. The molecule has 8 heteroatoms. The minimum atomic E-state index is -0.404. The fraction of sp³-hybridized carbons (Fsp3) is 0.429. The number of carbonyl (C=O) groups excluding carboxylic acids is 2. The highest BCUT2D eigenvalue weighted by atomic mass is 32.1. The molecule has 0 radical (unpaired) electrons. The molecule has 3 heterocycles. The van der Waals surface area contributed by atoms with Gasteiger partial charge in [-0.15, -0.1) is 11.3 Å². The summed E-state index contributed by atoms with van der Waals surface area (Å²) >= 11 is 1.77. The van der Waals surface area contributed by atoms with E-state index in [9.17, 15) is 9.59 Å². The van der Waals surface area contributed by atoms with Crippen LogP contribution in [-0.2, 0) is 16.1 Å². The van der Waals surface area contributed by atoms with Gasteiger partial charge in [0.15, 0.2) is 0 Å². The van der Waals surface area contributed by atoms with Crippen LogP contribution in [0.3, 0.4) is 0 Å². The Morgan fingerprint density at radius 1 is 1.07 bits per heavy atom. The molecule has 0 aliphatic carbocycles. The second-order valence-corrected chi connectivity index (χ2v) is 8.25. The van der Waals surface area contributed by atoms with Gasteiger partial charge in [0, 0.05) is 43.7 Å². The Hall–Kier alpha value is -2.42. The lowest BCUT2D eigenvalue weighted by Gasteiger charge is -2.36. The lowest BCUT2D eigenvalue weighted by Crippen LogP contribution is -2.52. The van der Waals surface area contributed by atoms with Crippen molar-refractivity contribution in [1.29, 1.82) is 0 Å². The Balaban J connectivity index is 1.44. The quantitative estimate of drug-likeness (QED) is 0.675. The van der Waals surface area contributed by atoms with Crippen molar-refractivity contribution in [2.24, 2.45) is 0 Å².